The molecule has 0 spiro atoms. The van der Waals surface area contributed by atoms with Crippen molar-refractivity contribution in [2.24, 2.45) is 7.05 Å². The van der Waals surface area contributed by atoms with Crippen LogP contribution in [-0.4, -0.2) is 27.8 Å². The molecule has 0 aliphatic carbocycles. The van der Waals surface area contributed by atoms with Crippen molar-refractivity contribution in [3.63, 3.8) is 0 Å². The summed E-state index contributed by atoms with van der Waals surface area (Å²) < 4.78 is 29.3. The summed E-state index contributed by atoms with van der Waals surface area (Å²) in [6.45, 7) is 6.35. The lowest BCUT2D eigenvalue weighted by Gasteiger charge is -2.11. The highest BCUT2D eigenvalue weighted by Crippen LogP contribution is 2.42. The first-order valence-corrected chi connectivity index (χ1v) is 13.8. The van der Waals surface area contributed by atoms with Gasteiger partial charge in [-0.2, -0.15) is 0 Å². The largest absolute Gasteiger partial charge is 0.505 e. The van der Waals surface area contributed by atoms with Crippen LogP contribution < -0.4 is 0 Å². The monoisotopic (exact) mass is 470 g/mol. The van der Waals surface area contributed by atoms with Gasteiger partial charge in [-0.15, -0.1) is 5.54 Å². The molecular formula is C24H21ClF2N2O2Si. The first-order chi connectivity index (χ1) is 15.0. The van der Waals surface area contributed by atoms with E-state index in [4.69, 9.17) is 11.6 Å². The first kappa shape index (κ1) is 22.1. The van der Waals surface area contributed by atoms with Gasteiger partial charge in [-0.25, -0.2) is 8.78 Å². The van der Waals surface area contributed by atoms with Crippen molar-refractivity contribution in [1.29, 1.82) is 0 Å². The number of rotatable bonds is 2. The minimum absolute atomic E-state index is 0.0793. The molecule has 4 rings (SSSR count). The van der Waals surface area contributed by atoms with Crippen LogP contribution in [0.3, 0.4) is 0 Å². The van der Waals surface area contributed by atoms with Crippen molar-refractivity contribution in [1.82, 2.24) is 9.55 Å². The predicted molar refractivity (Wildman–Crippen MR) is 126 cm³/mol. The maximum absolute atomic E-state index is 14.3. The number of fused-ring (bicyclic) bond motifs is 2. The highest BCUT2D eigenvalue weighted by atomic mass is 35.5. The molecule has 0 bridgehead atoms. The first-order valence-electron chi connectivity index (χ1n) is 9.94. The van der Waals surface area contributed by atoms with Crippen LogP contribution in [0.25, 0.3) is 21.7 Å². The molecule has 0 unspecified atom stereocenters. The van der Waals surface area contributed by atoms with Gasteiger partial charge in [0.1, 0.15) is 25.2 Å². The summed E-state index contributed by atoms with van der Waals surface area (Å²) in [5.74, 6) is 1.51. The maximum Gasteiger partial charge on any atom is 0.202 e. The molecule has 164 valence electrons. The number of hydrogen-bond donors (Lipinski definition) is 2. The Bertz CT molecular complexity index is 1460. The molecule has 0 radical (unpaired) electrons. The van der Waals surface area contributed by atoms with Crippen LogP contribution in [0.2, 0.25) is 24.7 Å². The number of hydrogen-bond acceptors (Lipinski definition) is 3. The van der Waals surface area contributed by atoms with Gasteiger partial charge in [0, 0.05) is 48.3 Å². The van der Waals surface area contributed by atoms with E-state index in [2.05, 4.69) is 36.1 Å². The Kier molecular flexibility index (Phi) is 5.39. The maximum atomic E-state index is 14.3. The van der Waals surface area contributed by atoms with Gasteiger partial charge in [0.25, 0.3) is 0 Å². The molecule has 0 fully saturated rings. The lowest BCUT2D eigenvalue weighted by atomic mass is 9.98. The van der Waals surface area contributed by atoms with Crippen molar-refractivity contribution in [2.45, 2.75) is 26.1 Å². The van der Waals surface area contributed by atoms with Crippen LogP contribution in [-0.2, 0) is 13.5 Å². The van der Waals surface area contributed by atoms with Gasteiger partial charge in [-0.05, 0) is 23.3 Å². The number of phenols is 1. The van der Waals surface area contributed by atoms with Crippen LogP contribution in [0.4, 0.5) is 8.78 Å². The van der Waals surface area contributed by atoms with E-state index in [9.17, 15) is 19.0 Å². The third-order valence-electron chi connectivity index (χ3n) is 5.14. The Hall–Kier alpha value is -3.08. The third-order valence-corrected chi connectivity index (χ3v) is 6.30. The molecule has 0 saturated carbocycles. The van der Waals surface area contributed by atoms with Gasteiger partial charge in [-0.3, -0.25) is 4.98 Å². The van der Waals surface area contributed by atoms with Crippen LogP contribution in [0.5, 0.6) is 11.6 Å². The molecule has 0 saturated heterocycles. The molecule has 0 amide bonds. The van der Waals surface area contributed by atoms with E-state index in [1.165, 1.54) is 16.8 Å². The molecule has 4 aromatic rings. The molecule has 32 heavy (non-hydrogen) atoms. The van der Waals surface area contributed by atoms with E-state index in [0.717, 1.165) is 6.07 Å². The average Bonchev–Trinajstić information content (AvgIpc) is 3.00. The Morgan fingerprint density at radius 1 is 1.09 bits per heavy atom. The van der Waals surface area contributed by atoms with Gasteiger partial charge in [0.15, 0.2) is 5.75 Å². The quantitative estimate of drug-likeness (QED) is 0.218. The topological polar surface area (TPSA) is 58.3 Å². The normalized spacial score (nSPS) is 11.7. The average molecular weight is 471 g/mol. The fourth-order valence-electron chi connectivity index (χ4n) is 3.59. The van der Waals surface area contributed by atoms with Gasteiger partial charge in [0.2, 0.25) is 5.88 Å². The number of nitrogens with zero attached hydrogens (tertiary/aromatic N) is 2. The zero-order valence-corrected chi connectivity index (χ0v) is 19.8. The highest BCUT2D eigenvalue weighted by Gasteiger charge is 2.21. The second-order valence-corrected chi connectivity index (χ2v) is 14.0. The lowest BCUT2D eigenvalue weighted by Crippen LogP contribution is -2.16. The van der Waals surface area contributed by atoms with Gasteiger partial charge >= 0.3 is 0 Å². The number of phenolic OH excluding ortho intramolecular Hbond substituents is 1. The summed E-state index contributed by atoms with van der Waals surface area (Å²) >= 11 is 5.83. The Morgan fingerprint density at radius 2 is 1.81 bits per heavy atom. The highest BCUT2D eigenvalue weighted by molar-refractivity contribution is 6.83. The number of pyridine rings is 1. The molecule has 2 aromatic heterocycles. The van der Waals surface area contributed by atoms with Gasteiger partial charge < -0.3 is 14.8 Å². The molecule has 0 aliphatic heterocycles. The van der Waals surface area contributed by atoms with Crippen molar-refractivity contribution in [3.05, 3.63) is 63.9 Å². The third kappa shape index (κ3) is 3.92. The minimum atomic E-state index is -1.74. The van der Waals surface area contributed by atoms with E-state index in [1.54, 1.807) is 19.3 Å². The molecule has 0 atom stereocenters. The second kappa shape index (κ2) is 7.80. The van der Waals surface area contributed by atoms with Crippen molar-refractivity contribution >= 4 is 41.4 Å². The van der Waals surface area contributed by atoms with E-state index in [0.29, 0.717) is 27.4 Å². The standard InChI is InChI=1S/C24H21ClF2N2O2Si/c1-29-12-17-15(5-6-32(2,3)4)16-8-13(7-14-9-18(25)20(27)10-19(14)26)11-28-22(16)23(30)21(17)24(29)31/h8-12,30-31H,7H2,1-4H3. The Balaban J connectivity index is 1.98. The van der Waals surface area contributed by atoms with E-state index in [-0.39, 0.29) is 34.0 Å². The van der Waals surface area contributed by atoms with Gasteiger partial charge in [-0.1, -0.05) is 37.2 Å². The molecule has 8 heteroatoms. The fraction of sp³-hybridized carbons (Fsp3) is 0.208. The summed E-state index contributed by atoms with van der Waals surface area (Å²) in [6.07, 6.45) is 3.36. The predicted octanol–water partition coefficient (Wildman–Crippen LogP) is 5.89. The number of aromatic hydroxyl groups is 2. The number of benzene rings is 2. The summed E-state index contributed by atoms with van der Waals surface area (Å²) in [6, 6.07) is 3.81. The molecule has 2 heterocycles. The molecular weight excluding hydrogens is 450 g/mol. The fourth-order valence-corrected chi connectivity index (χ4v) is 4.28. The number of halogens is 3. The minimum Gasteiger partial charge on any atom is -0.505 e. The number of aryl methyl sites for hydroxylation is 1. The zero-order valence-electron chi connectivity index (χ0n) is 18.0. The Labute approximate surface area is 190 Å². The summed E-state index contributed by atoms with van der Waals surface area (Å²) in [7, 11) is -0.0662. The summed E-state index contributed by atoms with van der Waals surface area (Å²) in [4.78, 5) is 4.40. The van der Waals surface area contributed by atoms with Crippen molar-refractivity contribution in [3.8, 4) is 23.1 Å². The van der Waals surface area contributed by atoms with E-state index < -0.39 is 19.7 Å². The molecule has 4 nitrogen and oxygen atoms in total. The number of aromatic nitrogens is 2. The zero-order chi connectivity index (χ0) is 23.4. The van der Waals surface area contributed by atoms with E-state index in [1.807, 2.05) is 0 Å². The van der Waals surface area contributed by atoms with Crippen LogP contribution in [0, 0.1) is 23.1 Å². The van der Waals surface area contributed by atoms with Crippen molar-refractivity contribution in [2.75, 3.05) is 0 Å². The molecule has 2 N–H and O–H groups in total. The summed E-state index contributed by atoms with van der Waals surface area (Å²) in [5.41, 5.74) is 5.14. The molecule has 2 aromatic carbocycles. The smallest absolute Gasteiger partial charge is 0.202 e. The Morgan fingerprint density at radius 3 is 2.50 bits per heavy atom. The van der Waals surface area contributed by atoms with Crippen molar-refractivity contribution < 1.29 is 19.0 Å². The second-order valence-electron chi connectivity index (χ2n) is 8.85. The molecule has 0 aliphatic rings. The van der Waals surface area contributed by atoms with E-state index >= 15 is 0 Å². The SMILES string of the molecule is Cn1cc2c(C#C[Si](C)(C)C)c3cc(Cc4cc(Cl)c(F)cc4F)cnc3c(O)c2c1O. The lowest BCUT2D eigenvalue weighted by molar-refractivity contribution is 0.432. The summed E-state index contributed by atoms with van der Waals surface area (Å²) in [5, 5.41) is 22.7. The van der Waals surface area contributed by atoms with Crippen LogP contribution in [0.1, 0.15) is 16.7 Å². The van der Waals surface area contributed by atoms with Crippen LogP contribution >= 0.6 is 11.6 Å². The van der Waals surface area contributed by atoms with Crippen LogP contribution in [0.15, 0.2) is 30.6 Å². The van der Waals surface area contributed by atoms with Gasteiger partial charge in [0.05, 0.1) is 10.4 Å².